The maximum Gasteiger partial charge on any atom is 0.248 e. The first-order valence-corrected chi connectivity index (χ1v) is 7.25. The van der Waals surface area contributed by atoms with E-state index in [4.69, 9.17) is 0 Å². The van der Waals surface area contributed by atoms with Crippen molar-refractivity contribution in [2.24, 2.45) is 0 Å². The van der Waals surface area contributed by atoms with Gasteiger partial charge in [0.1, 0.15) is 5.82 Å². The molecule has 0 bridgehead atoms. The lowest BCUT2D eigenvalue weighted by molar-refractivity contribution is 0.606. The standard InChI is InChI=1S/C17H18FNO/c18-15-9-6-5-7-12(15)14-11-17(20)19-16-10-4-2-1-3-8-13(14)16/h5-7,9,11H,1-4,8,10H2,(H,19,20). The third-order valence-electron chi connectivity index (χ3n) is 4.01. The Morgan fingerprint density at radius 2 is 1.70 bits per heavy atom. The summed E-state index contributed by atoms with van der Waals surface area (Å²) < 4.78 is 14.0. The number of aromatic nitrogens is 1. The minimum atomic E-state index is -0.262. The van der Waals surface area contributed by atoms with Gasteiger partial charge < -0.3 is 4.98 Å². The monoisotopic (exact) mass is 271 g/mol. The van der Waals surface area contributed by atoms with Gasteiger partial charge in [-0.1, -0.05) is 31.0 Å². The Balaban J connectivity index is 2.19. The van der Waals surface area contributed by atoms with E-state index in [-0.39, 0.29) is 11.4 Å². The highest BCUT2D eigenvalue weighted by Crippen LogP contribution is 2.29. The molecule has 1 aliphatic carbocycles. The average molecular weight is 271 g/mol. The zero-order chi connectivity index (χ0) is 13.9. The lowest BCUT2D eigenvalue weighted by atomic mass is 9.90. The summed E-state index contributed by atoms with van der Waals surface area (Å²) in [7, 11) is 0. The van der Waals surface area contributed by atoms with Crippen molar-refractivity contribution < 1.29 is 4.39 Å². The predicted octanol–water partition coefficient (Wildman–Crippen LogP) is 3.84. The van der Waals surface area contributed by atoms with Gasteiger partial charge in [-0.2, -0.15) is 0 Å². The number of rotatable bonds is 1. The maximum atomic E-state index is 14.0. The number of pyridine rings is 1. The SMILES string of the molecule is O=c1cc(-c2ccccc2F)c2c([nH]1)CCCCCC2. The molecule has 0 aliphatic heterocycles. The molecular formula is C17H18FNO. The molecule has 20 heavy (non-hydrogen) atoms. The van der Waals surface area contributed by atoms with E-state index in [0.29, 0.717) is 5.56 Å². The quantitative estimate of drug-likeness (QED) is 0.839. The minimum Gasteiger partial charge on any atom is -0.326 e. The summed E-state index contributed by atoms with van der Waals surface area (Å²) in [6, 6.07) is 8.23. The third kappa shape index (κ3) is 2.53. The van der Waals surface area contributed by atoms with Crippen molar-refractivity contribution in [2.75, 3.05) is 0 Å². The highest BCUT2D eigenvalue weighted by atomic mass is 19.1. The van der Waals surface area contributed by atoms with Crippen molar-refractivity contribution in [3.8, 4) is 11.1 Å². The van der Waals surface area contributed by atoms with Gasteiger partial charge in [0.15, 0.2) is 0 Å². The summed E-state index contributed by atoms with van der Waals surface area (Å²) >= 11 is 0. The van der Waals surface area contributed by atoms with Gasteiger partial charge in [-0.05, 0) is 42.9 Å². The molecule has 1 aliphatic rings. The number of nitrogens with one attached hydrogen (secondary N) is 1. The molecule has 2 aromatic rings. The highest BCUT2D eigenvalue weighted by Gasteiger charge is 2.16. The van der Waals surface area contributed by atoms with E-state index in [1.165, 1.54) is 18.9 Å². The molecule has 0 fully saturated rings. The molecule has 0 atom stereocenters. The van der Waals surface area contributed by atoms with Crippen LogP contribution in [0, 0.1) is 5.82 Å². The fourth-order valence-corrected chi connectivity index (χ4v) is 3.02. The largest absolute Gasteiger partial charge is 0.326 e. The summed E-state index contributed by atoms with van der Waals surface area (Å²) in [5.41, 5.74) is 3.28. The van der Waals surface area contributed by atoms with E-state index in [2.05, 4.69) is 4.98 Å². The molecule has 0 saturated heterocycles. The Morgan fingerprint density at radius 3 is 2.50 bits per heavy atom. The van der Waals surface area contributed by atoms with Gasteiger partial charge >= 0.3 is 0 Å². The zero-order valence-corrected chi connectivity index (χ0v) is 11.4. The predicted molar refractivity (Wildman–Crippen MR) is 78.3 cm³/mol. The number of aryl methyl sites for hydroxylation is 1. The molecular weight excluding hydrogens is 253 g/mol. The second-order valence-corrected chi connectivity index (χ2v) is 5.40. The second-order valence-electron chi connectivity index (χ2n) is 5.40. The number of hydrogen-bond donors (Lipinski definition) is 1. The number of aromatic amines is 1. The van der Waals surface area contributed by atoms with Gasteiger partial charge in [-0.3, -0.25) is 4.79 Å². The van der Waals surface area contributed by atoms with Gasteiger partial charge in [0.05, 0.1) is 0 Å². The van der Waals surface area contributed by atoms with Crippen LogP contribution in [0.15, 0.2) is 35.1 Å². The van der Waals surface area contributed by atoms with Crippen molar-refractivity contribution in [1.29, 1.82) is 0 Å². The molecule has 0 spiro atoms. The van der Waals surface area contributed by atoms with Crippen molar-refractivity contribution >= 4 is 0 Å². The van der Waals surface area contributed by atoms with E-state index in [1.54, 1.807) is 18.2 Å². The first-order chi connectivity index (χ1) is 9.75. The number of halogens is 1. The van der Waals surface area contributed by atoms with E-state index < -0.39 is 0 Å². The first kappa shape index (κ1) is 13.1. The summed E-state index contributed by atoms with van der Waals surface area (Å²) in [5.74, 6) is -0.262. The Hall–Kier alpha value is -1.90. The normalized spacial score (nSPS) is 15.2. The fourth-order valence-electron chi connectivity index (χ4n) is 3.02. The molecule has 2 nitrogen and oxygen atoms in total. The summed E-state index contributed by atoms with van der Waals surface area (Å²) in [4.78, 5) is 14.8. The third-order valence-corrected chi connectivity index (χ3v) is 4.01. The van der Waals surface area contributed by atoms with E-state index >= 15 is 0 Å². The van der Waals surface area contributed by atoms with Gasteiger partial charge in [0.25, 0.3) is 0 Å². The second kappa shape index (κ2) is 5.61. The van der Waals surface area contributed by atoms with Crippen LogP contribution in [0.4, 0.5) is 4.39 Å². The molecule has 3 heteroatoms. The number of fused-ring (bicyclic) bond motifs is 1. The Kier molecular flexibility index (Phi) is 3.68. The molecule has 3 rings (SSSR count). The molecule has 1 aromatic heterocycles. The van der Waals surface area contributed by atoms with Crippen LogP contribution in [0.1, 0.15) is 36.9 Å². The molecule has 104 valence electrons. The topological polar surface area (TPSA) is 32.9 Å². The van der Waals surface area contributed by atoms with Crippen LogP contribution in [-0.4, -0.2) is 4.98 Å². The van der Waals surface area contributed by atoms with Gasteiger partial charge in [-0.15, -0.1) is 0 Å². The van der Waals surface area contributed by atoms with Crippen LogP contribution < -0.4 is 5.56 Å². The summed E-state index contributed by atoms with van der Waals surface area (Å²) in [6.45, 7) is 0. The maximum absolute atomic E-state index is 14.0. The van der Waals surface area contributed by atoms with Crippen LogP contribution in [0.5, 0.6) is 0 Å². The lowest BCUT2D eigenvalue weighted by Crippen LogP contribution is -2.14. The van der Waals surface area contributed by atoms with Crippen molar-refractivity contribution in [1.82, 2.24) is 4.98 Å². The smallest absolute Gasteiger partial charge is 0.248 e. The van der Waals surface area contributed by atoms with Crippen LogP contribution in [0.3, 0.4) is 0 Å². The Morgan fingerprint density at radius 1 is 0.950 bits per heavy atom. The summed E-state index contributed by atoms with van der Waals surface area (Å²) in [6.07, 6.45) is 6.38. The van der Waals surface area contributed by atoms with Crippen molar-refractivity contribution in [3.05, 3.63) is 57.8 Å². The number of H-pyrrole nitrogens is 1. The highest BCUT2D eigenvalue weighted by molar-refractivity contribution is 5.68. The molecule has 0 radical (unpaired) electrons. The zero-order valence-electron chi connectivity index (χ0n) is 11.4. The number of hydrogen-bond acceptors (Lipinski definition) is 1. The fraction of sp³-hybridized carbons (Fsp3) is 0.353. The Labute approximate surface area is 117 Å². The lowest BCUT2D eigenvalue weighted by Gasteiger charge is -2.17. The minimum absolute atomic E-state index is 0.137. The van der Waals surface area contributed by atoms with Crippen LogP contribution in [0.2, 0.25) is 0 Å². The van der Waals surface area contributed by atoms with E-state index in [9.17, 15) is 9.18 Å². The molecule has 1 heterocycles. The average Bonchev–Trinajstić information content (AvgIpc) is 2.40. The number of benzene rings is 1. The van der Waals surface area contributed by atoms with Crippen molar-refractivity contribution in [3.63, 3.8) is 0 Å². The van der Waals surface area contributed by atoms with Crippen LogP contribution in [0.25, 0.3) is 11.1 Å². The van der Waals surface area contributed by atoms with Gasteiger partial charge in [0, 0.05) is 17.3 Å². The summed E-state index contributed by atoms with van der Waals surface area (Å²) in [5, 5.41) is 0. The molecule has 1 aromatic carbocycles. The molecule has 0 unspecified atom stereocenters. The van der Waals surface area contributed by atoms with E-state index in [1.807, 2.05) is 6.07 Å². The first-order valence-electron chi connectivity index (χ1n) is 7.25. The molecule has 0 saturated carbocycles. The molecule has 0 amide bonds. The molecule has 1 N–H and O–H groups in total. The van der Waals surface area contributed by atoms with Gasteiger partial charge in [0.2, 0.25) is 5.56 Å². The van der Waals surface area contributed by atoms with Gasteiger partial charge in [-0.25, -0.2) is 4.39 Å². The van der Waals surface area contributed by atoms with E-state index in [0.717, 1.165) is 42.5 Å². The Bertz CT molecular complexity index is 675. The van der Waals surface area contributed by atoms with Crippen LogP contribution in [-0.2, 0) is 12.8 Å². The van der Waals surface area contributed by atoms with Crippen molar-refractivity contribution in [2.45, 2.75) is 38.5 Å². The van der Waals surface area contributed by atoms with Crippen LogP contribution >= 0.6 is 0 Å².